The largest absolute Gasteiger partial charge is 0.355 e. The third kappa shape index (κ3) is 6.15. The van der Waals surface area contributed by atoms with Crippen LogP contribution in [0.4, 0.5) is 17.1 Å². The monoisotopic (exact) mass is 491 g/mol. The molecule has 7 aromatic rings. The minimum atomic E-state index is 1.17. The van der Waals surface area contributed by atoms with Crippen LogP contribution in [0.2, 0.25) is 0 Å². The van der Waals surface area contributed by atoms with Gasteiger partial charge in [-0.15, -0.1) is 0 Å². The van der Waals surface area contributed by atoms with Gasteiger partial charge in [0.25, 0.3) is 0 Å². The molecule has 38 heavy (non-hydrogen) atoms. The fourth-order valence-electron chi connectivity index (χ4n) is 4.29. The van der Waals surface area contributed by atoms with Crippen molar-refractivity contribution in [3.05, 3.63) is 170 Å². The first-order chi connectivity index (χ1) is 18.9. The van der Waals surface area contributed by atoms with E-state index >= 15 is 0 Å². The highest BCUT2D eigenvalue weighted by Crippen LogP contribution is 2.33. The van der Waals surface area contributed by atoms with Gasteiger partial charge in [-0.2, -0.15) is 0 Å². The Hall–Kier alpha value is -5.15. The van der Waals surface area contributed by atoms with Crippen LogP contribution in [0.3, 0.4) is 0 Å². The summed E-state index contributed by atoms with van der Waals surface area (Å²) in [6.07, 6.45) is 3.50. The third-order valence-electron chi connectivity index (χ3n) is 6.02. The molecule has 0 bridgehead atoms. The van der Waals surface area contributed by atoms with Crippen LogP contribution in [-0.2, 0) is 0 Å². The predicted octanol–water partition coefficient (Wildman–Crippen LogP) is 9.56. The minimum absolute atomic E-state index is 1.17. The maximum absolute atomic E-state index is 3.78. The number of aromatic amines is 1. The Morgan fingerprint density at radius 2 is 0.711 bits per heavy atom. The van der Waals surface area contributed by atoms with Gasteiger partial charge in [0, 0.05) is 51.3 Å². The van der Waals surface area contributed by atoms with Gasteiger partial charge in [-0.3, -0.25) is 4.98 Å². The van der Waals surface area contributed by atoms with Crippen LogP contribution in [0.1, 0.15) is 0 Å². The van der Waals surface area contributed by atoms with Crippen molar-refractivity contribution >= 4 is 38.9 Å². The number of fused-ring (bicyclic) bond motifs is 3. The molecule has 3 heteroatoms. The molecular formula is C35H29N3. The number of aromatic nitrogens is 2. The van der Waals surface area contributed by atoms with E-state index in [9.17, 15) is 0 Å². The van der Waals surface area contributed by atoms with Gasteiger partial charge in [0.1, 0.15) is 0 Å². The first-order valence-electron chi connectivity index (χ1n) is 12.7. The molecule has 0 amide bonds. The Balaban J connectivity index is 0.000000132. The van der Waals surface area contributed by atoms with Gasteiger partial charge in [0.05, 0.1) is 0 Å². The topological polar surface area (TPSA) is 31.9 Å². The lowest BCUT2D eigenvalue weighted by atomic mass is 10.2. The molecule has 0 atom stereocenters. The Bertz CT molecular complexity index is 1470. The van der Waals surface area contributed by atoms with E-state index in [1.807, 2.05) is 36.4 Å². The van der Waals surface area contributed by atoms with E-state index in [2.05, 4.69) is 136 Å². The summed E-state index contributed by atoms with van der Waals surface area (Å²) >= 11 is 0. The normalized spacial score (nSPS) is 10.1. The fraction of sp³-hybridized carbons (Fsp3) is 0. The van der Waals surface area contributed by atoms with E-state index < -0.39 is 0 Å². The number of H-pyrrole nitrogens is 1. The van der Waals surface area contributed by atoms with Crippen molar-refractivity contribution in [3.8, 4) is 0 Å². The summed E-state index contributed by atoms with van der Waals surface area (Å²) < 4.78 is 0. The van der Waals surface area contributed by atoms with Crippen LogP contribution in [0.5, 0.6) is 0 Å². The van der Waals surface area contributed by atoms with Crippen LogP contribution < -0.4 is 4.90 Å². The number of hydrogen-bond acceptors (Lipinski definition) is 2. The van der Waals surface area contributed by atoms with Crippen molar-refractivity contribution in [2.45, 2.75) is 0 Å². The highest BCUT2D eigenvalue weighted by Gasteiger charge is 2.10. The van der Waals surface area contributed by atoms with E-state index in [0.29, 0.717) is 0 Å². The summed E-state index contributed by atoms with van der Waals surface area (Å²) in [6.45, 7) is 0. The molecule has 0 radical (unpaired) electrons. The summed E-state index contributed by atoms with van der Waals surface area (Å²) in [4.78, 5) is 9.41. The second-order valence-corrected chi connectivity index (χ2v) is 8.58. The average molecular weight is 492 g/mol. The Morgan fingerprint density at radius 1 is 0.368 bits per heavy atom. The number of rotatable bonds is 3. The molecule has 0 unspecified atom stereocenters. The summed E-state index contributed by atoms with van der Waals surface area (Å²) in [5.41, 5.74) is 5.92. The molecule has 184 valence electrons. The molecule has 3 nitrogen and oxygen atoms in total. The van der Waals surface area contributed by atoms with Crippen LogP contribution in [-0.4, -0.2) is 9.97 Å². The van der Waals surface area contributed by atoms with Gasteiger partial charge in [-0.25, -0.2) is 0 Å². The average Bonchev–Trinajstić information content (AvgIpc) is 3.39. The van der Waals surface area contributed by atoms with Gasteiger partial charge in [-0.05, 0) is 60.7 Å². The number of anilines is 3. The number of nitrogens with zero attached hydrogens (tertiary/aromatic N) is 2. The SMILES string of the molecule is c1ccc(N(c2ccccc2)c2ccccc2)cc1.c1ccc2c(c1)[nH]c1ccccc12.c1ccncc1. The second-order valence-electron chi connectivity index (χ2n) is 8.58. The van der Waals surface area contributed by atoms with E-state index in [4.69, 9.17) is 0 Å². The number of nitrogens with one attached hydrogen (secondary N) is 1. The van der Waals surface area contributed by atoms with E-state index in [-0.39, 0.29) is 0 Å². The molecule has 5 aromatic carbocycles. The van der Waals surface area contributed by atoms with E-state index in [1.54, 1.807) is 12.4 Å². The van der Waals surface area contributed by atoms with Crippen LogP contribution in [0.25, 0.3) is 21.8 Å². The maximum atomic E-state index is 3.78. The highest BCUT2D eigenvalue weighted by molar-refractivity contribution is 6.06. The number of hydrogen-bond donors (Lipinski definition) is 1. The van der Waals surface area contributed by atoms with Gasteiger partial charge >= 0.3 is 0 Å². The number of pyridine rings is 1. The third-order valence-corrected chi connectivity index (χ3v) is 6.02. The molecule has 0 aliphatic rings. The predicted molar refractivity (Wildman–Crippen MR) is 161 cm³/mol. The summed E-state index contributed by atoms with van der Waals surface area (Å²) in [5, 5.41) is 2.61. The molecule has 0 aliphatic heterocycles. The van der Waals surface area contributed by atoms with Gasteiger partial charge in [-0.1, -0.05) is 97.1 Å². The van der Waals surface area contributed by atoms with Crippen LogP contribution in [0, 0.1) is 0 Å². The lowest BCUT2D eigenvalue weighted by molar-refractivity contribution is 1.28. The van der Waals surface area contributed by atoms with Crippen LogP contribution in [0.15, 0.2) is 170 Å². The fourth-order valence-corrected chi connectivity index (χ4v) is 4.29. The Labute approximate surface area is 223 Å². The van der Waals surface area contributed by atoms with Gasteiger partial charge < -0.3 is 9.88 Å². The van der Waals surface area contributed by atoms with Crippen molar-refractivity contribution in [1.29, 1.82) is 0 Å². The number of para-hydroxylation sites is 5. The zero-order chi connectivity index (χ0) is 25.8. The second kappa shape index (κ2) is 12.7. The molecule has 0 saturated heterocycles. The smallest absolute Gasteiger partial charge is 0.0464 e. The standard InChI is InChI=1S/C18H15N.C12H9N.C5H5N/c1-4-10-16(11-5-1)19(17-12-6-2-7-13-17)18-14-8-3-9-15-18;1-3-7-11-9(5-1)10-6-2-4-8-12(10)13-11;1-2-4-6-5-3-1/h1-15H;1-8,13H;1-5H. The molecular weight excluding hydrogens is 462 g/mol. The van der Waals surface area contributed by atoms with Gasteiger partial charge in [0.15, 0.2) is 0 Å². The highest BCUT2D eigenvalue weighted by atomic mass is 15.1. The summed E-state index contributed by atoms with van der Waals surface area (Å²) in [5.74, 6) is 0. The van der Waals surface area contributed by atoms with Crippen molar-refractivity contribution in [2.24, 2.45) is 0 Å². The first-order valence-corrected chi connectivity index (χ1v) is 12.7. The lowest BCUT2D eigenvalue weighted by Crippen LogP contribution is -2.09. The first kappa shape index (κ1) is 24.5. The molecule has 0 spiro atoms. The molecule has 1 N–H and O–H groups in total. The summed E-state index contributed by atoms with van der Waals surface area (Å²) in [6, 6.07) is 53.7. The van der Waals surface area contributed by atoms with Crippen LogP contribution >= 0.6 is 0 Å². The molecule has 7 rings (SSSR count). The summed E-state index contributed by atoms with van der Waals surface area (Å²) in [7, 11) is 0. The quantitative estimate of drug-likeness (QED) is 0.267. The van der Waals surface area contributed by atoms with Crippen molar-refractivity contribution < 1.29 is 0 Å². The Morgan fingerprint density at radius 3 is 1.05 bits per heavy atom. The molecule has 0 fully saturated rings. The number of benzene rings is 5. The molecule has 2 heterocycles. The zero-order valence-corrected chi connectivity index (χ0v) is 21.1. The Kier molecular flexibility index (Phi) is 8.20. The minimum Gasteiger partial charge on any atom is -0.355 e. The van der Waals surface area contributed by atoms with Crippen molar-refractivity contribution in [1.82, 2.24) is 9.97 Å². The van der Waals surface area contributed by atoms with Crippen molar-refractivity contribution in [3.63, 3.8) is 0 Å². The van der Waals surface area contributed by atoms with Crippen molar-refractivity contribution in [2.75, 3.05) is 4.90 Å². The zero-order valence-electron chi connectivity index (χ0n) is 21.1. The lowest BCUT2D eigenvalue weighted by Gasteiger charge is -2.25. The molecule has 2 aromatic heterocycles. The van der Waals surface area contributed by atoms with E-state index in [1.165, 1.54) is 38.9 Å². The maximum Gasteiger partial charge on any atom is 0.0464 e. The van der Waals surface area contributed by atoms with Gasteiger partial charge in [0.2, 0.25) is 0 Å². The molecule has 0 aliphatic carbocycles. The molecule has 0 saturated carbocycles. The van der Waals surface area contributed by atoms with E-state index in [0.717, 1.165) is 0 Å².